The molecule has 19 heavy (non-hydrogen) atoms. The smallest absolute Gasteiger partial charge is 0.124 e. The summed E-state index contributed by atoms with van der Waals surface area (Å²) in [6, 6.07) is -6.09. The molecule has 4 nitrogen and oxygen atoms in total. The molecule has 0 saturated carbocycles. The highest BCUT2D eigenvalue weighted by atomic mass is 16.5. The summed E-state index contributed by atoms with van der Waals surface area (Å²) >= 11 is 0. The van der Waals surface area contributed by atoms with Gasteiger partial charge in [-0.3, -0.25) is 4.68 Å². The van der Waals surface area contributed by atoms with E-state index >= 15 is 0 Å². The standard InChI is InChI=1S/C15H21N3O/c1-17(2)11-12-19-15(13-7-5-4-6-8-13)14-9-10-16-18(14)3/h4-10,15H,11-12H2,1-3H3/i1D3,2D3,4D,5D,6D,7D,8D,9D,10D,11D2,12D2,15D. The van der Waals surface area contributed by atoms with Gasteiger partial charge in [0.15, 0.2) is 0 Å². The molecule has 2 rings (SSSR count). The highest BCUT2D eigenvalue weighted by Gasteiger charge is 2.17. The van der Waals surface area contributed by atoms with Crippen molar-refractivity contribution in [3.63, 3.8) is 0 Å². The van der Waals surface area contributed by atoms with E-state index in [1.165, 1.54) is 0 Å². The normalized spacial score (nSPS) is 31.1. The van der Waals surface area contributed by atoms with Crippen LogP contribution in [0.2, 0.25) is 0 Å². The zero-order valence-corrected chi connectivity index (χ0v) is 9.75. The average Bonchev–Trinajstić information content (AvgIpc) is 2.93. The van der Waals surface area contributed by atoms with Crippen LogP contribution in [0.15, 0.2) is 42.4 Å². The number of rotatable bonds is 6. The van der Waals surface area contributed by atoms with E-state index in [1.54, 1.807) is 0 Å². The molecular weight excluding hydrogens is 238 g/mol. The maximum atomic E-state index is 8.97. The number of likely N-dealkylation sites (N-methyl/N-ethyl adjacent to an activating group) is 1. The fraction of sp³-hybridized carbons (Fsp3) is 0.400. The first-order valence-corrected chi connectivity index (χ1v) is 4.92. The van der Waals surface area contributed by atoms with Crippen molar-refractivity contribution >= 4 is 0 Å². The fourth-order valence-electron chi connectivity index (χ4n) is 1.19. The second-order valence-corrected chi connectivity index (χ2v) is 3.19. The summed E-state index contributed by atoms with van der Waals surface area (Å²) in [5.41, 5.74) is -2.01. The largest absolute Gasteiger partial charge is 0.366 e. The van der Waals surface area contributed by atoms with Crippen molar-refractivity contribution in [2.45, 2.75) is 6.08 Å². The molecule has 0 spiro atoms. The molecule has 0 aliphatic rings. The second-order valence-electron chi connectivity index (χ2n) is 3.19. The van der Waals surface area contributed by atoms with Gasteiger partial charge >= 0.3 is 0 Å². The number of aryl methyl sites for hydroxylation is 1. The lowest BCUT2D eigenvalue weighted by atomic mass is 10.1. The molecular formula is C15H21N3O. The number of aromatic nitrogens is 2. The van der Waals surface area contributed by atoms with Gasteiger partial charge in [0, 0.05) is 30.7 Å². The van der Waals surface area contributed by atoms with Crippen molar-refractivity contribution in [1.82, 2.24) is 14.7 Å². The van der Waals surface area contributed by atoms with Crippen molar-refractivity contribution in [3.05, 3.63) is 53.7 Å². The molecule has 0 radical (unpaired) electrons. The van der Waals surface area contributed by atoms with Gasteiger partial charge < -0.3 is 9.64 Å². The van der Waals surface area contributed by atoms with Crippen LogP contribution in [0.5, 0.6) is 0 Å². The Bertz CT molecular complexity index is 1160. The van der Waals surface area contributed by atoms with Crippen LogP contribution in [0.4, 0.5) is 0 Å². The van der Waals surface area contributed by atoms with Crippen molar-refractivity contribution < 1.29 is 29.4 Å². The molecule has 4 heteroatoms. The topological polar surface area (TPSA) is 30.3 Å². The minimum absolute atomic E-state index is 0.634. The van der Waals surface area contributed by atoms with Gasteiger partial charge in [0.1, 0.15) is 6.08 Å². The quantitative estimate of drug-likeness (QED) is 0.810. The number of hydrogen-bond donors (Lipinski definition) is 0. The number of nitrogens with zero attached hydrogens (tertiary/aromatic N) is 3. The summed E-state index contributed by atoms with van der Waals surface area (Å²) in [6.45, 7) is -15.7. The summed E-state index contributed by atoms with van der Waals surface area (Å²) in [4.78, 5) is -0.782. The Morgan fingerprint density at radius 3 is 2.89 bits per heavy atom. The van der Waals surface area contributed by atoms with Crippen LogP contribution in [0, 0.1) is 0 Å². The van der Waals surface area contributed by atoms with E-state index in [0.717, 1.165) is 7.05 Å². The Morgan fingerprint density at radius 2 is 2.26 bits per heavy atom. The van der Waals surface area contributed by atoms with Gasteiger partial charge in [0.05, 0.1) is 26.0 Å². The first-order valence-electron chi connectivity index (χ1n) is 13.9. The lowest BCUT2D eigenvalue weighted by Gasteiger charge is -2.20. The third-order valence-corrected chi connectivity index (χ3v) is 1.95. The van der Waals surface area contributed by atoms with Crippen molar-refractivity contribution in [2.75, 3.05) is 27.0 Å². The average molecular weight is 277 g/mol. The Morgan fingerprint density at radius 1 is 1.47 bits per heavy atom. The molecule has 2 aromatic rings. The second kappa shape index (κ2) is 6.50. The molecule has 0 aliphatic heterocycles. The lowest BCUT2D eigenvalue weighted by Crippen LogP contribution is -2.20. The van der Waals surface area contributed by atoms with Gasteiger partial charge in [0.25, 0.3) is 0 Å². The summed E-state index contributed by atoms with van der Waals surface area (Å²) in [5, 5.41) is 3.57. The maximum absolute atomic E-state index is 8.97. The van der Waals surface area contributed by atoms with Crippen molar-refractivity contribution in [1.29, 1.82) is 0 Å². The monoisotopic (exact) mass is 277 g/mol. The Balaban J connectivity index is 2.99. The van der Waals surface area contributed by atoms with E-state index in [4.69, 9.17) is 29.4 Å². The van der Waals surface area contributed by atoms with Gasteiger partial charge in [0.2, 0.25) is 0 Å². The zero-order valence-electron chi connectivity index (χ0n) is 27.7. The summed E-state index contributed by atoms with van der Waals surface area (Å²) in [5.74, 6) is 0. The molecule has 1 aromatic carbocycles. The molecule has 0 saturated heterocycles. The molecule has 0 N–H and O–H groups in total. The predicted octanol–water partition coefficient (Wildman–Crippen LogP) is 2.09. The van der Waals surface area contributed by atoms with Crippen LogP contribution in [-0.2, 0) is 11.8 Å². The molecule has 0 bridgehead atoms. The molecule has 1 aromatic heterocycles. The minimum Gasteiger partial charge on any atom is -0.366 e. The minimum atomic E-state index is -4.08. The summed E-state index contributed by atoms with van der Waals surface area (Å²) in [7, 11) is 1.05. The first-order chi connectivity index (χ1) is 16.3. The Labute approximate surface area is 139 Å². The predicted molar refractivity (Wildman–Crippen MR) is 76.0 cm³/mol. The van der Waals surface area contributed by atoms with Crippen LogP contribution in [0.25, 0.3) is 0 Å². The highest BCUT2D eigenvalue weighted by molar-refractivity contribution is 5.25. The third kappa shape index (κ3) is 3.66. The van der Waals surface area contributed by atoms with E-state index in [9.17, 15) is 0 Å². The number of hydrogen-bond acceptors (Lipinski definition) is 3. The fourth-order valence-corrected chi connectivity index (χ4v) is 1.19. The van der Waals surface area contributed by atoms with Gasteiger partial charge in [-0.25, -0.2) is 0 Å². The van der Waals surface area contributed by atoms with E-state index in [2.05, 4.69) is 5.10 Å². The van der Waals surface area contributed by atoms with Gasteiger partial charge in [-0.2, -0.15) is 5.10 Å². The third-order valence-electron chi connectivity index (χ3n) is 1.95. The highest BCUT2D eigenvalue weighted by Crippen LogP contribution is 2.25. The maximum Gasteiger partial charge on any atom is 0.124 e. The lowest BCUT2D eigenvalue weighted by molar-refractivity contribution is 0.0638. The van der Waals surface area contributed by atoms with Gasteiger partial charge in [-0.1, -0.05) is 30.2 Å². The Kier molecular flexibility index (Phi) is 1.20. The number of benzene rings is 1. The Hall–Kier alpha value is -1.65. The van der Waals surface area contributed by atoms with E-state index in [1.807, 2.05) is 0 Å². The SMILES string of the molecule is [2H]c1nn(C)c(C([2H])(OC([2H])([2H])C([2H])([2H])N(C([2H])([2H])[2H])C([2H])([2H])[2H])c2c([2H])c([2H])c([2H])c([2H])c2[2H])c1[2H]. The van der Waals surface area contributed by atoms with Crippen LogP contribution in [0.1, 0.15) is 42.0 Å². The molecule has 1 atom stereocenters. The van der Waals surface area contributed by atoms with Crippen LogP contribution in [0.3, 0.4) is 0 Å². The molecule has 0 amide bonds. The summed E-state index contributed by atoms with van der Waals surface area (Å²) < 4.78 is 148. The van der Waals surface area contributed by atoms with Crippen LogP contribution < -0.4 is 0 Å². The van der Waals surface area contributed by atoms with Crippen LogP contribution in [-0.4, -0.2) is 41.7 Å². The number of ether oxygens (including phenoxy) is 1. The molecule has 1 heterocycles. The first kappa shape index (κ1) is 3.51. The van der Waals surface area contributed by atoms with E-state index in [-0.39, 0.29) is 0 Å². The molecule has 0 aliphatic carbocycles. The molecule has 1 unspecified atom stereocenters. The van der Waals surface area contributed by atoms with E-state index < -0.39 is 91.7 Å². The molecule has 102 valence electrons. The van der Waals surface area contributed by atoms with Crippen LogP contribution >= 0.6 is 0 Å². The molecule has 0 fully saturated rings. The van der Waals surface area contributed by atoms with Crippen molar-refractivity contribution in [3.8, 4) is 0 Å². The summed E-state index contributed by atoms with van der Waals surface area (Å²) in [6.07, 6.45) is -4.25. The van der Waals surface area contributed by atoms with Gasteiger partial charge in [-0.15, -0.1) is 0 Å². The van der Waals surface area contributed by atoms with Gasteiger partial charge in [-0.05, 0) is 25.6 Å². The van der Waals surface area contributed by atoms with Crippen molar-refractivity contribution in [2.24, 2.45) is 7.05 Å². The van der Waals surface area contributed by atoms with E-state index in [0.29, 0.717) is 4.68 Å². The zero-order chi connectivity index (χ0) is 29.3.